The second-order valence-corrected chi connectivity index (χ2v) is 23.1. The molecule has 15 heteroatoms. The van der Waals surface area contributed by atoms with Gasteiger partial charge in [0.05, 0.1) is 18.0 Å². The molecule has 3 aliphatic rings. The number of hydrogen-bond acceptors (Lipinski definition) is 11. The Hall–Kier alpha value is -4.05. The molecule has 0 aromatic heterocycles. The van der Waals surface area contributed by atoms with Gasteiger partial charge in [-0.2, -0.15) is 10.1 Å². The van der Waals surface area contributed by atoms with Gasteiger partial charge in [-0.25, -0.2) is 9.59 Å². The summed E-state index contributed by atoms with van der Waals surface area (Å²) in [6.07, 6.45) is 6.87. The second kappa shape index (κ2) is 22.4. The molecule has 0 aliphatic carbocycles. The average Bonchev–Trinajstić information content (AvgIpc) is 3.68. The molecule has 4 amide bonds. The van der Waals surface area contributed by atoms with Crippen molar-refractivity contribution in [3.63, 3.8) is 0 Å². The van der Waals surface area contributed by atoms with Crippen LogP contribution in [0, 0.1) is 17.8 Å². The zero-order valence-electron chi connectivity index (χ0n) is 42.4. The molecule has 3 heterocycles. The minimum absolute atomic E-state index is 0.0876. The van der Waals surface area contributed by atoms with Crippen molar-refractivity contribution in [3.8, 4) is 0 Å². The van der Waals surface area contributed by atoms with E-state index >= 15 is 0 Å². The number of amides is 4. The molecule has 0 spiro atoms. The summed E-state index contributed by atoms with van der Waals surface area (Å²) in [6.45, 7) is 25.5. The molecule has 0 unspecified atom stereocenters. The van der Waals surface area contributed by atoms with Crippen LogP contribution in [0.1, 0.15) is 160 Å². The summed E-state index contributed by atoms with van der Waals surface area (Å²) < 4.78 is 11.4. The number of carbonyl (C=O) groups excluding carboxylic acids is 5. The van der Waals surface area contributed by atoms with Gasteiger partial charge in [0, 0.05) is 66.5 Å². The minimum Gasteiger partial charge on any atom is -0.446 e. The van der Waals surface area contributed by atoms with Crippen LogP contribution in [0.4, 0.5) is 9.59 Å². The number of nitrogens with one attached hydrogen (secondary N) is 3. The lowest BCUT2D eigenvalue weighted by Crippen LogP contribution is -2.63. The highest BCUT2D eigenvalue weighted by molar-refractivity contribution is 5.93. The molecule has 0 saturated carbocycles. The van der Waals surface area contributed by atoms with Gasteiger partial charge < -0.3 is 40.7 Å². The monoisotopic (exact) mass is 925 g/mol. The zero-order valence-corrected chi connectivity index (χ0v) is 42.4. The molecule has 3 saturated heterocycles. The van der Waals surface area contributed by atoms with E-state index in [0.717, 1.165) is 5.56 Å². The van der Waals surface area contributed by atoms with Crippen LogP contribution >= 0.6 is 0 Å². The number of ketones is 1. The molecule has 4 atom stereocenters. The van der Waals surface area contributed by atoms with E-state index in [4.69, 9.17) is 9.47 Å². The Labute approximate surface area is 395 Å². The average molecular weight is 925 g/mol. The molecule has 4 rings (SSSR count). The number of piperidine rings is 2. The van der Waals surface area contributed by atoms with Crippen molar-refractivity contribution in [2.75, 3.05) is 13.1 Å². The Bertz CT molecular complexity index is 1800. The van der Waals surface area contributed by atoms with Crippen molar-refractivity contribution >= 4 is 29.8 Å². The van der Waals surface area contributed by atoms with Crippen LogP contribution in [-0.4, -0.2) is 120 Å². The van der Waals surface area contributed by atoms with E-state index in [1.807, 2.05) is 119 Å². The number of alkyl carbamates (subject to hydrolysis) is 2. The van der Waals surface area contributed by atoms with Crippen LogP contribution < -0.4 is 16.0 Å². The normalized spacial score (nSPS) is 22.7. The van der Waals surface area contributed by atoms with Gasteiger partial charge in [-0.05, 0) is 139 Å². The summed E-state index contributed by atoms with van der Waals surface area (Å²) in [4.78, 5) is 71.0. The maximum atomic E-state index is 14.7. The first-order valence-electron chi connectivity index (χ1n) is 24.3. The zero-order chi connectivity index (χ0) is 49.4. The molecule has 5 N–H and O–H groups in total. The Morgan fingerprint density at radius 1 is 0.833 bits per heavy atom. The molecule has 3 fully saturated rings. The third-order valence-electron chi connectivity index (χ3n) is 13.2. The predicted molar refractivity (Wildman–Crippen MR) is 255 cm³/mol. The Kier molecular flexibility index (Phi) is 18.5. The second-order valence-electron chi connectivity index (χ2n) is 23.1. The number of ether oxygens (including phenoxy) is 2. The molecular formula is C51H84N6O9. The number of Topliss-reactive ketones (excluding diaryl/α,β-unsaturated/α-hetero) is 1. The van der Waals surface area contributed by atoms with Gasteiger partial charge in [0.15, 0.2) is 5.78 Å². The number of likely N-dealkylation sites (tertiary alicyclic amines) is 1. The van der Waals surface area contributed by atoms with E-state index in [1.54, 1.807) is 4.90 Å². The number of hydrogen-bond donors (Lipinski definition) is 5. The number of rotatable bonds is 18. The topological polar surface area (TPSA) is 190 Å². The highest BCUT2D eigenvalue weighted by Gasteiger charge is 2.48. The van der Waals surface area contributed by atoms with Crippen LogP contribution in [0.3, 0.4) is 0 Å². The van der Waals surface area contributed by atoms with Crippen molar-refractivity contribution in [1.29, 1.82) is 0 Å². The Morgan fingerprint density at radius 2 is 1.41 bits per heavy atom. The van der Waals surface area contributed by atoms with Gasteiger partial charge in [0.1, 0.15) is 11.7 Å². The molecule has 0 bridgehead atoms. The van der Waals surface area contributed by atoms with E-state index in [2.05, 4.69) is 29.8 Å². The van der Waals surface area contributed by atoms with Gasteiger partial charge in [-0.15, -0.1) is 0 Å². The van der Waals surface area contributed by atoms with Gasteiger partial charge >= 0.3 is 12.2 Å². The number of benzene rings is 1. The van der Waals surface area contributed by atoms with E-state index in [9.17, 15) is 34.4 Å². The van der Waals surface area contributed by atoms with Gasteiger partial charge in [0.25, 0.3) is 0 Å². The quantitative estimate of drug-likeness (QED) is 0.0703. The van der Waals surface area contributed by atoms with Crippen LogP contribution in [-0.2, 0) is 30.3 Å². The van der Waals surface area contributed by atoms with Crippen molar-refractivity contribution < 1.29 is 43.9 Å². The Balaban J connectivity index is 1.51. The first-order chi connectivity index (χ1) is 30.5. The fourth-order valence-electron chi connectivity index (χ4n) is 10.5. The summed E-state index contributed by atoms with van der Waals surface area (Å²) in [7, 11) is 0. The van der Waals surface area contributed by atoms with Crippen molar-refractivity contribution in [2.45, 2.75) is 213 Å². The van der Waals surface area contributed by atoms with Crippen molar-refractivity contribution in [3.05, 3.63) is 48.0 Å². The fourth-order valence-corrected chi connectivity index (χ4v) is 10.5. The minimum atomic E-state index is -0.738. The molecular weight excluding hydrogens is 841 g/mol. The Morgan fingerprint density at radius 3 is 1.97 bits per heavy atom. The lowest BCUT2D eigenvalue weighted by atomic mass is 9.78. The third-order valence-corrected chi connectivity index (χ3v) is 13.2. The lowest BCUT2D eigenvalue weighted by molar-refractivity contribution is -0.256. The third kappa shape index (κ3) is 15.8. The highest BCUT2D eigenvalue weighted by Crippen LogP contribution is 2.39. The molecule has 3 aliphatic heterocycles. The largest absolute Gasteiger partial charge is 0.446 e. The van der Waals surface area contributed by atoms with Gasteiger partial charge in [-0.1, -0.05) is 56.3 Å². The fraction of sp³-hybridized carbons (Fsp3) is 0.745. The molecule has 0 radical (unpaired) electrons. The van der Waals surface area contributed by atoms with E-state index in [-0.39, 0.29) is 42.5 Å². The van der Waals surface area contributed by atoms with Gasteiger partial charge in [-0.3, -0.25) is 14.4 Å². The SMILES string of the molecule is CC(C)C[C@@H](/C=C/[C@H](Cc1ccccc1)C(=O)N1CCC[C@H]1C(=O)C[C@@H](CCCNC(=O)OC1CC(C)(C)N(O)C(C)(C)C1)C(=O)NC1CC(C)(C)N(O)C(C)(C)C1)NC(=O)OC(C)(C)C. The van der Waals surface area contributed by atoms with E-state index in [0.29, 0.717) is 70.8 Å². The molecule has 1 aromatic carbocycles. The van der Waals surface area contributed by atoms with Crippen molar-refractivity contribution in [1.82, 2.24) is 31.0 Å². The first-order valence-corrected chi connectivity index (χ1v) is 24.3. The number of carbonyl (C=O) groups is 5. The van der Waals surface area contributed by atoms with Crippen LogP contribution in [0.2, 0.25) is 0 Å². The highest BCUT2D eigenvalue weighted by atomic mass is 16.6. The van der Waals surface area contributed by atoms with E-state index in [1.165, 1.54) is 10.1 Å². The van der Waals surface area contributed by atoms with E-state index < -0.39 is 70.0 Å². The maximum absolute atomic E-state index is 14.7. The standard InChI is InChI=1S/C51H84N6O9/c1-34(2)27-38(54-46(62)66-47(3,4)5)24-23-37(28-35-19-15-14-16-20-35)44(60)55-26-18-22-41(55)42(58)29-36(43(59)53-39-30-48(6,7)56(63)49(8,9)31-39)21-17-25-52-45(61)65-40-32-50(10,11)57(64)51(12,13)33-40/h14-16,19-20,23-24,34,36-41,63-64H,17-18,21-22,25-33H2,1-13H3,(H,52,61)(H,53,59)(H,54,62)/b24-23+/t36-,37-,38-,41+/m1/s1. The summed E-state index contributed by atoms with van der Waals surface area (Å²) in [5.74, 6) is -1.78. The van der Waals surface area contributed by atoms with Crippen molar-refractivity contribution in [2.24, 2.45) is 17.8 Å². The number of nitrogens with zero attached hydrogens (tertiary/aromatic N) is 3. The maximum Gasteiger partial charge on any atom is 0.408 e. The molecule has 1 aromatic rings. The summed E-state index contributed by atoms with van der Waals surface area (Å²) in [5.41, 5.74) is -2.11. The van der Waals surface area contributed by atoms with Crippen LogP contribution in [0.5, 0.6) is 0 Å². The molecule has 372 valence electrons. The van der Waals surface area contributed by atoms with Gasteiger partial charge in [0.2, 0.25) is 11.8 Å². The molecule has 66 heavy (non-hydrogen) atoms. The van der Waals surface area contributed by atoms with Crippen LogP contribution in [0.15, 0.2) is 42.5 Å². The molecule has 15 nitrogen and oxygen atoms in total. The summed E-state index contributed by atoms with van der Waals surface area (Å²) in [5, 5.41) is 33.3. The lowest BCUT2D eigenvalue weighted by Gasteiger charge is -2.51. The smallest absolute Gasteiger partial charge is 0.408 e. The summed E-state index contributed by atoms with van der Waals surface area (Å²) in [6, 6.07) is 8.35. The summed E-state index contributed by atoms with van der Waals surface area (Å²) >= 11 is 0. The predicted octanol–water partition coefficient (Wildman–Crippen LogP) is 8.35. The first kappa shape index (κ1) is 54.6. The number of hydroxylamine groups is 4. The van der Waals surface area contributed by atoms with Crippen LogP contribution in [0.25, 0.3) is 0 Å².